The fourth-order valence-corrected chi connectivity index (χ4v) is 7.30. The van der Waals surface area contributed by atoms with Gasteiger partial charge in [-0.15, -0.1) is 34.0 Å². The minimum absolute atomic E-state index is 0.280. The van der Waals surface area contributed by atoms with Crippen LogP contribution in [0, 0.1) is 5.92 Å². The molecule has 1 aliphatic heterocycles. The molecule has 4 heterocycles. The molecular weight excluding hydrogens is 451 g/mol. The van der Waals surface area contributed by atoms with E-state index in [1.54, 1.807) is 11.3 Å². The number of hydrogen-bond donors (Lipinski definition) is 0. The van der Waals surface area contributed by atoms with Gasteiger partial charge >= 0.3 is 7.12 Å². The molecule has 0 aromatic carbocycles. The van der Waals surface area contributed by atoms with Crippen LogP contribution >= 0.6 is 34.0 Å². The summed E-state index contributed by atoms with van der Waals surface area (Å²) in [6.45, 7) is 13.0. The van der Waals surface area contributed by atoms with Crippen molar-refractivity contribution in [2.75, 3.05) is 0 Å². The van der Waals surface area contributed by atoms with E-state index >= 15 is 0 Å². The van der Waals surface area contributed by atoms with Crippen molar-refractivity contribution in [3.05, 3.63) is 41.3 Å². The number of unbranched alkanes of at least 4 members (excludes halogenated alkanes) is 1. The van der Waals surface area contributed by atoms with Gasteiger partial charge in [-0.25, -0.2) is 0 Å². The Morgan fingerprint density at radius 3 is 1.97 bits per heavy atom. The first-order chi connectivity index (χ1) is 15.2. The first-order valence-corrected chi connectivity index (χ1v) is 14.3. The van der Waals surface area contributed by atoms with Crippen LogP contribution < -0.4 is 4.78 Å². The van der Waals surface area contributed by atoms with Gasteiger partial charge in [0.1, 0.15) is 0 Å². The molecule has 1 atom stereocenters. The van der Waals surface area contributed by atoms with Crippen LogP contribution in [0.4, 0.5) is 0 Å². The molecule has 3 aromatic rings. The second kappa shape index (κ2) is 9.75. The molecule has 1 unspecified atom stereocenters. The second-order valence-corrected chi connectivity index (χ2v) is 13.2. The summed E-state index contributed by atoms with van der Waals surface area (Å²) in [4.78, 5) is 6.88. The quantitative estimate of drug-likeness (QED) is 0.283. The molecule has 1 fully saturated rings. The third kappa shape index (κ3) is 5.10. The van der Waals surface area contributed by atoms with Crippen molar-refractivity contribution in [2.24, 2.45) is 5.92 Å². The largest absolute Gasteiger partial charge is 0.505 e. The van der Waals surface area contributed by atoms with Crippen LogP contribution in [-0.4, -0.2) is 18.3 Å². The summed E-state index contributed by atoms with van der Waals surface area (Å²) in [6.07, 6.45) is 6.50. The first kappa shape index (κ1) is 24.2. The van der Waals surface area contributed by atoms with Crippen molar-refractivity contribution in [3.8, 4) is 19.5 Å². The number of hydrogen-bond acceptors (Lipinski definition) is 5. The van der Waals surface area contributed by atoms with Crippen LogP contribution in [0.15, 0.2) is 36.4 Å². The third-order valence-electron chi connectivity index (χ3n) is 6.90. The van der Waals surface area contributed by atoms with Gasteiger partial charge in [0, 0.05) is 29.2 Å². The molecule has 172 valence electrons. The van der Waals surface area contributed by atoms with Gasteiger partial charge in [-0.3, -0.25) is 0 Å². The first-order valence-electron chi connectivity index (χ1n) is 11.9. The summed E-state index contributed by atoms with van der Waals surface area (Å²) in [6, 6.07) is 13.6. The fraction of sp³-hybridized carbons (Fsp3) is 0.538. The maximum atomic E-state index is 6.24. The molecular formula is C26H35BO2S3. The Hall–Kier alpha value is -0.915. The zero-order chi connectivity index (χ0) is 22.9. The van der Waals surface area contributed by atoms with Crippen molar-refractivity contribution in [3.63, 3.8) is 0 Å². The van der Waals surface area contributed by atoms with Crippen LogP contribution in [0.3, 0.4) is 0 Å². The lowest BCUT2D eigenvalue weighted by molar-refractivity contribution is 0.00578. The van der Waals surface area contributed by atoms with Crippen molar-refractivity contribution >= 4 is 45.9 Å². The summed E-state index contributed by atoms with van der Waals surface area (Å²) in [5.41, 5.74) is -0.607. The summed E-state index contributed by atoms with van der Waals surface area (Å²) in [5, 5.41) is 0. The molecule has 1 aliphatic rings. The van der Waals surface area contributed by atoms with Gasteiger partial charge in [0.25, 0.3) is 0 Å². The van der Waals surface area contributed by atoms with Crippen LogP contribution in [0.1, 0.15) is 72.1 Å². The molecule has 2 nitrogen and oxygen atoms in total. The van der Waals surface area contributed by atoms with Crippen LogP contribution in [0.2, 0.25) is 0 Å². The minimum atomic E-state index is -0.303. The van der Waals surface area contributed by atoms with Gasteiger partial charge in [0.2, 0.25) is 0 Å². The van der Waals surface area contributed by atoms with Crippen molar-refractivity contribution in [1.82, 2.24) is 0 Å². The predicted molar refractivity (Wildman–Crippen MR) is 144 cm³/mol. The summed E-state index contributed by atoms with van der Waals surface area (Å²) >= 11 is 5.64. The van der Waals surface area contributed by atoms with E-state index in [0.717, 1.165) is 10.7 Å². The highest BCUT2D eigenvalue weighted by Gasteiger charge is 2.52. The molecule has 0 amide bonds. The molecule has 0 radical (unpaired) electrons. The van der Waals surface area contributed by atoms with Crippen molar-refractivity contribution in [2.45, 2.75) is 84.8 Å². The number of rotatable bonds is 9. The Kier molecular flexibility index (Phi) is 7.38. The normalized spacial score (nSPS) is 18.4. The maximum Gasteiger partial charge on any atom is 0.505 e. The lowest BCUT2D eigenvalue weighted by atomic mass is 9.88. The monoisotopic (exact) mass is 486 g/mol. The van der Waals surface area contributed by atoms with E-state index in [1.807, 2.05) is 22.7 Å². The van der Waals surface area contributed by atoms with E-state index in [2.05, 4.69) is 77.9 Å². The highest BCUT2D eigenvalue weighted by Crippen LogP contribution is 2.41. The highest BCUT2D eigenvalue weighted by molar-refractivity contribution is 7.29. The molecule has 6 heteroatoms. The Morgan fingerprint density at radius 2 is 1.34 bits per heavy atom. The third-order valence-corrected chi connectivity index (χ3v) is 10.6. The van der Waals surface area contributed by atoms with Crippen LogP contribution in [0.5, 0.6) is 0 Å². The molecule has 0 aliphatic carbocycles. The Balaban J connectivity index is 1.45. The molecule has 0 saturated carbocycles. The summed E-state index contributed by atoms with van der Waals surface area (Å²) in [7, 11) is -0.280. The fourth-order valence-electron chi connectivity index (χ4n) is 4.02. The SMILES string of the molecule is CCCCC(CC)Cc1ccc(-c2ccc(-c3ccc(B4OC(C)(C)C(C)(C)O4)s3)s2)s1. The Bertz CT molecular complexity index is 1010. The molecule has 1 saturated heterocycles. The van der Waals surface area contributed by atoms with E-state index in [0.29, 0.717) is 0 Å². The van der Waals surface area contributed by atoms with Crippen LogP contribution in [-0.2, 0) is 15.7 Å². The molecule has 4 rings (SSSR count). The van der Waals surface area contributed by atoms with E-state index in [-0.39, 0.29) is 18.3 Å². The van der Waals surface area contributed by atoms with Gasteiger partial charge in [-0.2, -0.15) is 0 Å². The van der Waals surface area contributed by atoms with Gasteiger partial charge in [0.05, 0.1) is 11.2 Å². The topological polar surface area (TPSA) is 18.5 Å². The maximum absolute atomic E-state index is 6.24. The molecule has 0 spiro atoms. The lowest BCUT2D eigenvalue weighted by Gasteiger charge is -2.32. The summed E-state index contributed by atoms with van der Waals surface area (Å²) in [5.74, 6) is 0.819. The second-order valence-electron chi connectivity index (χ2n) is 9.84. The zero-order valence-corrected chi connectivity index (χ0v) is 22.6. The van der Waals surface area contributed by atoms with Crippen molar-refractivity contribution < 1.29 is 9.31 Å². The predicted octanol–water partition coefficient (Wildman–Crippen LogP) is 8.26. The highest BCUT2D eigenvalue weighted by atomic mass is 32.1. The molecule has 32 heavy (non-hydrogen) atoms. The van der Waals surface area contributed by atoms with E-state index in [1.165, 1.54) is 56.5 Å². The summed E-state index contributed by atoms with van der Waals surface area (Å²) < 4.78 is 13.6. The molecule has 0 bridgehead atoms. The molecule has 3 aromatic heterocycles. The lowest BCUT2D eigenvalue weighted by Crippen LogP contribution is -2.41. The van der Waals surface area contributed by atoms with Gasteiger partial charge in [-0.1, -0.05) is 45.6 Å². The molecule has 0 N–H and O–H groups in total. The van der Waals surface area contributed by atoms with E-state index in [9.17, 15) is 0 Å². The van der Waals surface area contributed by atoms with E-state index in [4.69, 9.17) is 9.31 Å². The van der Waals surface area contributed by atoms with Crippen LogP contribution in [0.25, 0.3) is 19.5 Å². The van der Waals surface area contributed by atoms with Gasteiger partial charge < -0.3 is 9.31 Å². The van der Waals surface area contributed by atoms with Gasteiger partial charge in [-0.05, 0) is 70.4 Å². The average Bonchev–Trinajstić information content (AvgIpc) is 3.51. The smallest absolute Gasteiger partial charge is 0.399 e. The van der Waals surface area contributed by atoms with Gasteiger partial charge in [0.15, 0.2) is 0 Å². The number of thiophene rings is 3. The Labute approximate surface area is 206 Å². The van der Waals surface area contributed by atoms with Crippen molar-refractivity contribution in [1.29, 1.82) is 0 Å². The standard InChI is InChI=1S/C26H35BO2S3/c1-7-9-10-18(8-2)17-19-11-12-20(30-19)21-13-14-22(31-21)23-15-16-24(32-23)27-28-25(3,4)26(5,6)29-27/h11-16,18H,7-10,17H2,1-6H3. The minimum Gasteiger partial charge on any atom is -0.399 e. The van der Waals surface area contributed by atoms with E-state index < -0.39 is 0 Å². The zero-order valence-electron chi connectivity index (χ0n) is 20.2. The Morgan fingerprint density at radius 1 is 0.781 bits per heavy atom. The average molecular weight is 487 g/mol.